The van der Waals surface area contributed by atoms with Crippen LogP contribution in [0.2, 0.25) is 0 Å². The van der Waals surface area contributed by atoms with Crippen LogP contribution in [0, 0.1) is 11.8 Å². The Morgan fingerprint density at radius 3 is 2.40 bits per heavy atom. The first-order valence-corrected chi connectivity index (χ1v) is 6.07. The van der Waals surface area contributed by atoms with Crippen molar-refractivity contribution in [3.8, 4) is 17.6 Å². The van der Waals surface area contributed by atoms with E-state index in [1.165, 1.54) is 12.1 Å². The maximum Gasteiger partial charge on any atom is 0.325 e. The van der Waals surface area contributed by atoms with Gasteiger partial charge in [-0.2, -0.15) is 0 Å². The molecule has 0 saturated carbocycles. The highest BCUT2D eigenvalue weighted by Crippen LogP contribution is 2.08. The summed E-state index contributed by atoms with van der Waals surface area (Å²) in [5.41, 5.74) is 0.00899. The second kappa shape index (κ2) is 6.62. The van der Waals surface area contributed by atoms with E-state index in [0.717, 1.165) is 0 Å². The smallest absolute Gasteiger partial charge is 0.325 e. The van der Waals surface area contributed by atoms with Crippen molar-refractivity contribution in [1.82, 2.24) is 5.32 Å². The molecule has 0 heterocycles. The van der Waals surface area contributed by atoms with E-state index in [2.05, 4.69) is 17.2 Å². The molecule has 0 saturated heterocycles. The third-order valence-corrected chi connectivity index (χ3v) is 2.00. The molecule has 0 aliphatic carbocycles. The van der Waals surface area contributed by atoms with Gasteiger partial charge in [0.2, 0.25) is 0 Å². The summed E-state index contributed by atoms with van der Waals surface area (Å²) in [6.07, 6.45) is 0. The van der Waals surface area contributed by atoms with Crippen LogP contribution < -0.4 is 5.32 Å². The molecule has 0 radical (unpaired) electrons. The Balaban J connectivity index is 2.45. The zero-order chi connectivity index (χ0) is 15.2. The van der Waals surface area contributed by atoms with Crippen LogP contribution in [0.15, 0.2) is 24.3 Å². The van der Waals surface area contributed by atoms with Crippen LogP contribution in [-0.4, -0.2) is 29.1 Å². The summed E-state index contributed by atoms with van der Waals surface area (Å²) < 4.78 is 5.03. The normalized spacial score (nSPS) is 10.2. The Morgan fingerprint density at radius 1 is 1.25 bits per heavy atom. The molecule has 1 amide bonds. The number of nitrogens with one attached hydrogen (secondary N) is 1. The maximum absolute atomic E-state index is 11.4. The minimum absolute atomic E-state index is 0.130. The van der Waals surface area contributed by atoms with Crippen molar-refractivity contribution in [2.75, 3.05) is 6.54 Å². The topological polar surface area (TPSA) is 75.6 Å². The fourth-order valence-corrected chi connectivity index (χ4v) is 1.25. The van der Waals surface area contributed by atoms with Gasteiger partial charge in [-0.3, -0.25) is 9.59 Å². The van der Waals surface area contributed by atoms with Crippen LogP contribution in [0.3, 0.4) is 0 Å². The lowest BCUT2D eigenvalue weighted by atomic mass is 10.2. The van der Waals surface area contributed by atoms with Crippen molar-refractivity contribution < 1.29 is 19.4 Å². The van der Waals surface area contributed by atoms with Gasteiger partial charge in [0.1, 0.15) is 17.9 Å². The summed E-state index contributed by atoms with van der Waals surface area (Å²) in [7, 11) is 0. The number of benzene rings is 1. The fraction of sp³-hybridized carbons (Fsp3) is 0.333. The summed E-state index contributed by atoms with van der Waals surface area (Å²) in [4.78, 5) is 22.8. The number of carbonyl (C=O) groups excluding carboxylic acids is 2. The summed E-state index contributed by atoms with van der Waals surface area (Å²) in [6.45, 7) is 5.02. The van der Waals surface area contributed by atoms with E-state index in [0.29, 0.717) is 5.56 Å². The Morgan fingerprint density at radius 2 is 1.85 bits per heavy atom. The first-order valence-electron chi connectivity index (χ1n) is 6.07. The largest absolute Gasteiger partial charge is 0.508 e. The number of ether oxygens (including phenoxy) is 1. The van der Waals surface area contributed by atoms with Crippen LogP contribution in [0.1, 0.15) is 26.3 Å². The number of carbonyl (C=O) groups is 2. The van der Waals surface area contributed by atoms with Crippen LogP contribution in [0.5, 0.6) is 5.75 Å². The van der Waals surface area contributed by atoms with Gasteiger partial charge in [-0.05, 0) is 45.0 Å². The van der Waals surface area contributed by atoms with E-state index < -0.39 is 17.5 Å². The van der Waals surface area contributed by atoms with Crippen molar-refractivity contribution in [3.63, 3.8) is 0 Å². The van der Waals surface area contributed by atoms with Gasteiger partial charge in [-0.15, -0.1) is 0 Å². The number of hydrogen-bond acceptors (Lipinski definition) is 4. The predicted molar refractivity (Wildman–Crippen MR) is 73.8 cm³/mol. The molecule has 1 aromatic rings. The Bertz CT molecular complexity index is 544. The fourth-order valence-electron chi connectivity index (χ4n) is 1.25. The second-order valence-corrected chi connectivity index (χ2v) is 5.07. The van der Waals surface area contributed by atoms with Crippen molar-refractivity contribution in [1.29, 1.82) is 0 Å². The van der Waals surface area contributed by atoms with Gasteiger partial charge in [0.25, 0.3) is 5.91 Å². The number of phenols is 1. The van der Waals surface area contributed by atoms with E-state index in [-0.39, 0.29) is 12.3 Å². The summed E-state index contributed by atoms with van der Waals surface area (Å²) >= 11 is 0. The lowest BCUT2D eigenvalue weighted by molar-refractivity contribution is -0.154. The SMILES string of the molecule is CC(C)(C)OC(=O)CNC(=O)C#Cc1ccc(O)cc1. The number of hydrogen-bond donors (Lipinski definition) is 2. The summed E-state index contributed by atoms with van der Waals surface area (Å²) in [5.74, 6) is 4.01. The number of phenolic OH excluding ortho intramolecular Hbond substituents is 1. The minimum atomic E-state index is -0.584. The van der Waals surface area contributed by atoms with Gasteiger partial charge >= 0.3 is 5.97 Å². The number of aromatic hydroxyl groups is 1. The van der Waals surface area contributed by atoms with Crippen LogP contribution in [-0.2, 0) is 14.3 Å². The molecule has 0 aromatic heterocycles. The zero-order valence-corrected chi connectivity index (χ0v) is 11.7. The minimum Gasteiger partial charge on any atom is -0.508 e. The molecule has 1 aromatic carbocycles. The van der Waals surface area contributed by atoms with Crippen LogP contribution in [0.25, 0.3) is 0 Å². The van der Waals surface area contributed by atoms with Gasteiger partial charge in [0, 0.05) is 11.5 Å². The van der Waals surface area contributed by atoms with Gasteiger partial charge in [-0.25, -0.2) is 0 Å². The van der Waals surface area contributed by atoms with Crippen molar-refractivity contribution in [2.45, 2.75) is 26.4 Å². The lowest BCUT2D eigenvalue weighted by Gasteiger charge is -2.19. The lowest BCUT2D eigenvalue weighted by Crippen LogP contribution is -2.34. The monoisotopic (exact) mass is 275 g/mol. The molecule has 0 atom stereocenters. The number of esters is 1. The Hall–Kier alpha value is -2.48. The summed E-state index contributed by atoms with van der Waals surface area (Å²) in [6, 6.07) is 6.12. The van der Waals surface area contributed by atoms with E-state index in [1.54, 1.807) is 32.9 Å². The third kappa shape index (κ3) is 6.45. The van der Waals surface area contributed by atoms with Gasteiger partial charge in [0.05, 0.1) is 0 Å². The average Bonchev–Trinajstić information content (AvgIpc) is 2.33. The van der Waals surface area contributed by atoms with Crippen LogP contribution in [0.4, 0.5) is 0 Å². The first kappa shape index (κ1) is 15.6. The molecule has 0 spiro atoms. The Labute approximate surface area is 117 Å². The molecule has 0 unspecified atom stereocenters. The molecule has 1 rings (SSSR count). The molecule has 5 nitrogen and oxygen atoms in total. The maximum atomic E-state index is 11.4. The molecular formula is C15H17NO4. The van der Waals surface area contributed by atoms with E-state index in [4.69, 9.17) is 9.84 Å². The number of amides is 1. The van der Waals surface area contributed by atoms with Crippen molar-refractivity contribution in [2.24, 2.45) is 0 Å². The molecule has 20 heavy (non-hydrogen) atoms. The highest BCUT2D eigenvalue weighted by Gasteiger charge is 2.16. The molecule has 0 fully saturated rings. The molecule has 0 aliphatic heterocycles. The third-order valence-electron chi connectivity index (χ3n) is 2.00. The van der Waals surface area contributed by atoms with Crippen molar-refractivity contribution in [3.05, 3.63) is 29.8 Å². The number of rotatable bonds is 2. The second-order valence-electron chi connectivity index (χ2n) is 5.07. The average molecular weight is 275 g/mol. The molecule has 5 heteroatoms. The van der Waals surface area contributed by atoms with Crippen LogP contribution >= 0.6 is 0 Å². The Kier molecular flexibility index (Phi) is 5.15. The van der Waals surface area contributed by atoms with Gasteiger partial charge in [0.15, 0.2) is 0 Å². The molecular weight excluding hydrogens is 258 g/mol. The van der Waals surface area contributed by atoms with E-state index in [9.17, 15) is 9.59 Å². The highest BCUT2D eigenvalue weighted by atomic mass is 16.6. The molecule has 0 aliphatic rings. The summed E-state index contributed by atoms with van der Waals surface area (Å²) in [5, 5.41) is 11.4. The standard InChI is InChI=1S/C15H17NO4/c1-15(2,3)20-14(19)10-16-13(18)9-6-11-4-7-12(17)8-5-11/h4-5,7-8,17H,10H2,1-3H3,(H,16,18). The molecule has 0 bridgehead atoms. The molecule has 2 N–H and O–H groups in total. The quantitative estimate of drug-likeness (QED) is 0.628. The first-order chi connectivity index (χ1) is 9.26. The zero-order valence-electron chi connectivity index (χ0n) is 11.7. The van der Waals surface area contributed by atoms with Gasteiger partial charge < -0.3 is 15.2 Å². The highest BCUT2D eigenvalue weighted by molar-refractivity contribution is 5.95. The van der Waals surface area contributed by atoms with Gasteiger partial charge in [-0.1, -0.05) is 5.92 Å². The predicted octanol–water partition coefficient (Wildman–Crippen LogP) is 1.20. The van der Waals surface area contributed by atoms with Crippen molar-refractivity contribution >= 4 is 11.9 Å². The van der Waals surface area contributed by atoms with E-state index in [1.807, 2.05) is 0 Å². The van der Waals surface area contributed by atoms with E-state index >= 15 is 0 Å². The molecule has 106 valence electrons.